The Balaban J connectivity index is 2.53. The quantitative estimate of drug-likeness (QED) is 0.199. The number of carbonyl (C=O) groups is 2. The summed E-state index contributed by atoms with van der Waals surface area (Å²) in [4.78, 5) is 24.2. The van der Waals surface area contributed by atoms with Crippen LogP contribution in [-0.4, -0.2) is 80.1 Å². The number of hydrogen-bond donors (Lipinski definition) is 6. The molecule has 0 radical (unpaired) electrons. The zero-order valence-corrected chi connectivity index (χ0v) is 18.8. The predicted octanol–water partition coefficient (Wildman–Crippen LogP) is 0.534. The van der Waals surface area contributed by atoms with Crippen LogP contribution in [0.2, 0.25) is 0 Å². The molecular formula is C22H41NO8. The molecule has 0 aliphatic carbocycles. The molecule has 9 nitrogen and oxygen atoms in total. The molecule has 0 aromatic rings. The molecule has 0 aromatic carbocycles. The molecule has 0 aromatic heterocycles. The number of rotatable bonds is 15. The molecule has 182 valence electrons. The topological polar surface area (TPSA) is 157 Å². The number of amides is 1. The second-order valence-corrected chi connectivity index (χ2v) is 8.59. The number of hydrogen-bond acceptors (Lipinski definition) is 8. The number of unbranched alkanes of at least 4 members (excludes halogenated alkanes) is 8. The largest absolute Gasteiger partial charge is 0.394 e. The Hall–Kier alpha value is -1.10. The van der Waals surface area contributed by atoms with Crippen molar-refractivity contribution in [1.82, 2.24) is 5.32 Å². The molecule has 1 saturated heterocycles. The van der Waals surface area contributed by atoms with Crippen molar-refractivity contribution < 1.29 is 39.9 Å². The van der Waals surface area contributed by atoms with E-state index in [9.17, 15) is 35.1 Å². The number of aliphatic hydroxyl groups excluding tert-OH is 4. The molecule has 6 N–H and O–H groups in total. The molecule has 0 spiro atoms. The molecule has 0 bridgehead atoms. The Morgan fingerprint density at radius 2 is 1.55 bits per heavy atom. The molecule has 9 heteroatoms. The Kier molecular flexibility index (Phi) is 12.7. The van der Waals surface area contributed by atoms with E-state index in [0.29, 0.717) is 6.42 Å². The summed E-state index contributed by atoms with van der Waals surface area (Å²) in [5, 5.41) is 52.9. The van der Waals surface area contributed by atoms with Gasteiger partial charge in [-0.1, -0.05) is 64.7 Å². The van der Waals surface area contributed by atoms with E-state index in [1.807, 2.05) is 0 Å². The second kappa shape index (κ2) is 14.1. The summed E-state index contributed by atoms with van der Waals surface area (Å²) in [6.07, 6.45) is 4.25. The van der Waals surface area contributed by atoms with E-state index >= 15 is 0 Å². The summed E-state index contributed by atoms with van der Waals surface area (Å²) in [5.41, 5.74) is 0. The molecule has 0 saturated carbocycles. The highest BCUT2D eigenvalue weighted by molar-refractivity contribution is 5.88. The van der Waals surface area contributed by atoms with E-state index in [-0.39, 0.29) is 0 Å². The van der Waals surface area contributed by atoms with Crippen molar-refractivity contribution >= 4 is 11.7 Å². The van der Waals surface area contributed by atoms with Gasteiger partial charge in [0.25, 0.3) is 5.79 Å². The number of Topliss-reactive ketones (excluding diaryl/α,β-unsaturated/α-hetero) is 1. The van der Waals surface area contributed by atoms with Gasteiger partial charge in [0.1, 0.15) is 24.4 Å². The highest BCUT2D eigenvalue weighted by atomic mass is 16.7. The maximum Gasteiger partial charge on any atom is 0.250 e. The summed E-state index contributed by atoms with van der Waals surface area (Å²) < 4.78 is 5.20. The van der Waals surface area contributed by atoms with Gasteiger partial charge in [0, 0.05) is 13.3 Å². The third kappa shape index (κ3) is 8.75. The van der Waals surface area contributed by atoms with E-state index in [1.165, 1.54) is 32.1 Å². The molecule has 1 aliphatic heterocycles. The van der Waals surface area contributed by atoms with Crippen LogP contribution in [-0.2, 0) is 14.3 Å². The van der Waals surface area contributed by atoms with E-state index in [0.717, 1.165) is 32.6 Å². The monoisotopic (exact) mass is 447 g/mol. The fourth-order valence-corrected chi connectivity index (χ4v) is 3.96. The lowest BCUT2D eigenvalue weighted by atomic mass is 9.86. The predicted molar refractivity (Wildman–Crippen MR) is 114 cm³/mol. The Morgan fingerprint density at radius 1 is 1.00 bits per heavy atom. The Morgan fingerprint density at radius 3 is 2.06 bits per heavy atom. The third-order valence-electron chi connectivity index (χ3n) is 5.83. The molecule has 1 heterocycles. The molecule has 1 fully saturated rings. The minimum atomic E-state index is -2.67. The molecular weight excluding hydrogens is 406 g/mol. The number of ether oxygens (including phenoxy) is 1. The fraction of sp³-hybridized carbons (Fsp3) is 0.909. The minimum Gasteiger partial charge on any atom is -0.394 e. The smallest absolute Gasteiger partial charge is 0.250 e. The standard InChI is InChI=1S/C22H41NO8/c1-3-4-5-6-7-8-9-10-11-12-16(26)13-18(27)22(30)21(23-15(2)25)20(29)19(28)17(14-24)31-22/h16-17,19-21,24,26,28-30H,3-14H2,1-2H3,(H,23,25)/t16?,17-,19-,20+,21-,22?/m1/s1. The summed E-state index contributed by atoms with van der Waals surface area (Å²) >= 11 is 0. The Labute approximate surface area is 184 Å². The molecule has 2 unspecified atom stereocenters. The van der Waals surface area contributed by atoms with Gasteiger partial charge in [0.15, 0.2) is 5.78 Å². The van der Waals surface area contributed by atoms with Crippen molar-refractivity contribution in [1.29, 1.82) is 0 Å². The van der Waals surface area contributed by atoms with Crippen LogP contribution >= 0.6 is 0 Å². The first-order valence-electron chi connectivity index (χ1n) is 11.5. The zero-order chi connectivity index (χ0) is 23.4. The fourth-order valence-electron chi connectivity index (χ4n) is 3.96. The van der Waals surface area contributed by atoms with E-state index in [4.69, 9.17) is 4.74 Å². The number of nitrogens with one attached hydrogen (secondary N) is 1. The molecule has 1 amide bonds. The van der Waals surface area contributed by atoms with Crippen LogP contribution in [0.3, 0.4) is 0 Å². The van der Waals surface area contributed by atoms with Gasteiger partial charge in [-0.05, 0) is 6.42 Å². The van der Waals surface area contributed by atoms with Gasteiger partial charge in [0.05, 0.1) is 12.7 Å². The maximum absolute atomic E-state index is 12.7. The van der Waals surface area contributed by atoms with Crippen LogP contribution < -0.4 is 5.32 Å². The summed E-state index contributed by atoms with van der Waals surface area (Å²) in [6.45, 7) is 2.56. The second-order valence-electron chi connectivity index (χ2n) is 8.59. The van der Waals surface area contributed by atoms with E-state index in [1.54, 1.807) is 0 Å². The lowest BCUT2D eigenvalue weighted by Crippen LogP contribution is -2.72. The first kappa shape index (κ1) is 27.9. The van der Waals surface area contributed by atoms with E-state index in [2.05, 4.69) is 12.2 Å². The molecule has 1 rings (SSSR count). The summed E-state index contributed by atoms with van der Waals surface area (Å²) in [5.74, 6) is -4.25. The molecule has 6 atom stereocenters. The molecule has 1 aliphatic rings. The summed E-state index contributed by atoms with van der Waals surface area (Å²) in [6, 6.07) is -1.63. The van der Waals surface area contributed by atoms with E-state index < -0.39 is 61.0 Å². The van der Waals surface area contributed by atoms with Crippen LogP contribution in [0.5, 0.6) is 0 Å². The van der Waals surface area contributed by atoms with Crippen LogP contribution in [0.25, 0.3) is 0 Å². The van der Waals surface area contributed by atoms with Crippen LogP contribution in [0, 0.1) is 0 Å². The number of carbonyl (C=O) groups excluding carboxylic acids is 2. The SMILES string of the molecule is CCCCCCCCCCCC(O)CC(=O)C1(O)O[C@H](CO)[C@@H](O)[C@H](O)[C@H]1NC(C)=O. The van der Waals surface area contributed by atoms with Crippen LogP contribution in [0.4, 0.5) is 0 Å². The third-order valence-corrected chi connectivity index (χ3v) is 5.83. The molecule has 31 heavy (non-hydrogen) atoms. The van der Waals surface area contributed by atoms with Crippen molar-refractivity contribution in [2.24, 2.45) is 0 Å². The van der Waals surface area contributed by atoms with Crippen molar-refractivity contribution in [2.45, 2.75) is 121 Å². The van der Waals surface area contributed by atoms with Gasteiger partial charge in [-0.2, -0.15) is 0 Å². The maximum atomic E-state index is 12.7. The van der Waals surface area contributed by atoms with Crippen molar-refractivity contribution in [2.75, 3.05) is 6.61 Å². The van der Waals surface area contributed by atoms with Crippen molar-refractivity contribution in [3.8, 4) is 0 Å². The van der Waals surface area contributed by atoms with Crippen molar-refractivity contribution in [3.63, 3.8) is 0 Å². The van der Waals surface area contributed by atoms with Gasteiger partial charge >= 0.3 is 0 Å². The lowest BCUT2D eigenvalue weighted by Gasteiger charge is -2.46. The van der Waals surface area contributed by atoms with Gasteiger partial charge in [-0.25, -0.2) is 0 Å². The van der Waals surface area contributed by atoms with Crippen molar-refractivity contribution in [3.05, 3.63) is 0 Å². The van der Waals surface area contributed by atoms with Crippen LogP contribution in [0.15, 0.2) is 0 Å². The normalized spacial score (nSPS) is 29.5. The Bertz CT molecular complexity index is 546. The first-order chi connectivity index (χ1) is 14.7. The lowest BCUT2D eigenvalue weighted by molar-refractivity contribution is -0.302. The average molecular weight is 448 g/mol. The number of ketones is 1. The van der Waals surface area contributed by atoms with Gasteiger partial charge in [-0.3, -0.25) is 9.59 Å². The van der Waals surface area contributed by atoms with Gasteiger partial charge in [0.2, 0.25) is 5.91 Å². The zero-order valence-electron chi connectivity index (χ0n) is 18.8. The first-order valence-corrected chi connectivity index (χ1v) is 11.5. The summed E-state index contributed by atoms with van der Waals surface area (Å²) in [7, 11) is 0. The highest BCUT2D eigenvalue weighted by Gasteiger charge is 2.57. The average Bonchev–Trinajstić information content (AvgIpc) is 2.72. The number of aliphatic hydroxyl groups is 5. The minimum absolute atomic E-state index is 0.372. The highest BCUT2D eigenvalue weighted by Crippen LogP contribution is 2.30. The van der Waals surface area contributed by atoms with Gasteiger partial charge < -0.3 is 35.6 Å². The van der Waals surface area contributed by atoms with Crippen LogP contribution in [0.1, 0.15) is 84.5 Å². The van der Waals surface area contributed by atoms with Gasteiger partial charge in [-0.15, -0.1) is 0 Å².